The van der Waals surface area contributed by atoms with Crippen LogP contribution in [0.4, 0.5) is 0 Å². The summed E-state index contributed by atoms with van der Waals surface area (Å²) in [4.78, 5) is 19.8. The molecular weight excluding hydrogens is 450 g/mol. The van der Waals surface area contributed by atoms with Crippen LogP contribution in [0.1, 0.15) is 24.9 Å². The molecule has 2 aromatic heterocycles. The lowest BCUT2D eigenvalue weighted by atomic mass is 10.1. The fraction of sp³-hybridized carbons (Fsp3) is 0.476. The number of aromatic nitrogens is 4. The number of aryl methyl sites for hydroxylation is 2. The van der Waals surface area contributed by atoms with E-state index < -0.39 is 21.2 Å². The Morgan fingerprint density at radius 2 is 2.06 bits per heavy atom. The van der Waals surface area contributed by atoms with Crippen LogP contribution in [0.5, 0.6) is 5.75 Å². The molecule has 0 radical (unpaired) electrons. The zero-order valence-corrected chi connectivity index (χ0v) is 19.8. The Hall–Kier alpha value is -2.80. The molecule has 4 rings (SSSR count). The van der Waals surface area contributed by atoms with Crippen molar-refractivity contribution in [2.24, 2.45) is 0 Å². The zero-order chi connectivity index (χ0) is 24.0. The van der Waals surface area contributed by atoms with Gasteiger partial charge >= 0.3 is 0 Å². The minimum Gasteiger partial charge on any atom is -0.493 e. The maximum absolute atomic E-state index is 13.3. The standard InChI is InChI=1S/C21H27N5O6S/c1-5-32-17-7-6-15(33(29,30)25-9-8-21(28,11-25)12-31-4)10-16(17)19-23-20(27)18-13(2)22-14(3)26(18)24-19/h6-7,10,28H,5,8-9,11-12H2,1-4H3,(H,23,24,27). The van der Waals surface area contributed by atoms with Gasteiger partial charge in [0.15, 0.2) is 11.3 Å². The summed E-state index contributed by atoms with van der Waals surface area (Å²) in [6.07, 6.45) is 0.273. The van der Waals surface area contributed by atoms with Crippen molar-refractivity contribution >= 4 is 15.5 Å². The summed E-state index contributed by atoms with van der Waals surface area (Å²) in [6, 6.07) is 4.41. The number of hydrogen-bond donors (Lipinski definition) is 2. The maximum Gasteiger partial charge on any atom is 0.277 e. The number of aliphatic hydroxyl groups is 1. The summed E-state index contributed by atoms with van der Waals surface area (Å²) in [6.45, 7) is 5.73. The van der Waals surface area contributed by atoms with Crippen LogP contribution in [0.25, 0.3) is 16.9 Å². The second-order valence-electron chi connectivity index (χ2n) is 8.14. The van der Waals surface area contributed by atoms with Gasteiger partial charge in [0.05, 0.1) is 29.4 Å². The Labute approximate surface area is 191 Å². The van der Waals surface area contributed by atoms with Crippen LogP contribution >= 0.6 is 0 Å². The van der Waals surface area contributed by atoms with E-state index in [1.54, 1.807) is 26.8 Å². The molecule has 1 saturated heterocycles. The van der Waals surface area contributed by atoms with Gasteiger partial charge in [0.2, 0.25) is 10.0 Å². The summed E-state index contributed by atoms with van der Waals surface area (Å²) < 4.78 is 40.1. The summed E-state index contributed by atoms with van der Waals surface area (Å²) in [5.74, 6) is 1.07. The molecule has 178 valence electrons. The van der Waals surface area contributed by atoms with Gasteiger partial charge in [-0.25, -0.2) is 17.9 Å². The molecule has 12 heteroatoms. The predicted molar refractivity (Wildman–Crippen MR) is 120 cm³/mol. The van der Waals surface area contributed by atoms with Crippen molar-refractivity contribution in [3.05, 3.63) is 40.1 Å². The van der Waals surface area contributed by atoms with Gasteiger partial charge in [-0.2, -0.15) is 4.31 Å². The number of benzene rings is 1. The van der Waals surface area contributed by atoms with Gasteiger partial charge in [-0.05, 0) is 45.4 Å². The highest BCUT2D eigenvalue weighted by atomic mass is 32.2. The first-order valence-corrected chi connectivity index (χ1v) is 12.0. The van der Waals surface area contributed by atoms with Crippen molar-refractivity contribution in [1.29, 1.82) is 0 Å². The Morgan fingerprint density at radius 1 is 1.30 bits per heavy atom. The quantitative estimate of drug-likeness (QED) is 0.511. The van der Waals surface area contributed by atoms with Crippen LogP contribution in [0.3, 0.4) is 0 Å². The number of aromatic amines is 1. The average molecular weight is 478 g/mol. The van der Waals surface area contributed by atoms with E-state index in [1.165, 1.54) is 28.1 Å². The Bertz CT molecular complexity index is 1370. The molecule has 1 fully saturated rings. The van der Waals surface area contributed by atoms with Crippen LogP contribution in [0, 0.1) is 13.8 Å². The Balaban J connectivity index is 1.81. The number of imidazole rings is 1. The third kappa shape index (κ3) is 4.14. The molecule has 1 aliphatic rings. The molecule has 1 atom stereocenters. The molecule has 11 nitrogen and oxygen atoms in total. The lowest BCUT2D eigenvalue weighted by Gasteiger charge is -2.22. The van der Waals surface area contributed by atoms with E-state index in [1.807, 2.05) is 0 Å². The second kappa shape index (κ2) is 8.52. The smallest absolute Gasteiger partial charge is 0.277 e. The number of nitrogens with zero attached hydrogens (tertiary/aromatic N) is 4. The fourth-order valence-electron chi connectivity index (χ4n) is 4.15. The van der Waals surface area contributed by atoms with Crippen LogP contribution in [-0.4, -0.2) is 76.4 Å². The zero-order valence-electron chi connectivity index (χ0n) is 19.0. The van der Waals surface area contributed by atoms with E-state index in [9.17, 15) is 18.3 Å². The number of β-amino-alcohol motifs (C(OH)–C–C–N with tert-alkyl or cyclic N) is 1. The lowest BCUT2D eigenvalue weighted by molar-refractivity contribution is -0.0187. The van der Waals surface area contributed by atoms with E-state index in [2.05, 4.69) is 15.1 Å². The fourth-order valence-corrected chi connectivity index (χ4v) is 5.70. The number of nitrogens with one attached hydrogen (secondary N) is 1. The van der Waals surface area contributed by atoms with Crippen LogP contribution in [0.2, 0.25) is 0 Å². The number of sulfonamides is 1. The van der Waals surface area contributed by atoms with E-state index in [-0.39, 0.29) is 36.8 Å². The predicted octanol–water partition coefficient (Wildman–Crippen LogP) is 0.872. The van der Waals surface area contributed by atoms with Gasteiger partial charge < -0.3 is 19.6 Å². The summed E-state index contributed by atoms with van der Waals surface area (Å²) in [7, 11) is -2.46. The molecule has 0 aliphatic carbocycles. The van der Waals surface area contributed by atoms with Gasteiger partial charge in [-0.15, -0.1) is 5.10 Å². The molecule has 0 spiro atoms. The van der Waals surface area contributed by atoms with Crippen molar-refractivity contribution in [2.45, 2.75) is 37.7 Å². The van der Waals surface area contributed by atoms with E-state index in [0.29, 0.717) is 35.0 Å². The number of H-pyrrole nitrogens is 1. The van der Waals surface area contributed by atoms with Gasteiger partial charge in [0.1, 0.15) is 17.2 Å². The van der Waals surface area contributed by atoms with E-state index in [4.69, 9.17) is 9.47 Å². The molecule has 3 heterocycles. The molecule has 33 heavy (non-hydrogen) atoms. The number of methoxy groups -OCH3 is 1. The van der Waals surface area contributed by atoms with Crippen molar-refractivity contribution in [2.75, 3.05) is 33.4 Å². The summed E-state index contributed by atoms with van der Waals surface area (Å²) in [5, 5.41) is 15.1. The highest BCUT2D eigenvalue weighted by Crippen LogP contribution is 2.33. The van der Waals surface area contributed by atoms with Gasteiger partial charge in [0.25, 0.3) is 5.56 Å². The number of hydrogen-bond acceptors (Lipinski definition) is 8. The SMILES string of the molecule is CCOc1ccc(S(=O)(=O)N2CCC(O)(COC)C2)cc1-c1nn2c(C)nc(C)c2c(=O)[nH]1. The minimum absolute atomic E-state index is 0.00361. The van der Waals surface area contributed by atoms with Crippen molar-refractivity contribution < 1.29 is 23.0 Å². The van der Waals surface area contributed by atoms with Crippen LogP contribution in [-0.2, 0) is 14.8 Å². The number of ether oxygens (including phenoxy) is 2. The molecule has 0 amide bonds. The Morgan fingerprint density at radius 3 is 2.76 bits per heavy atom. The van der Waals surface area contributed by atoms with Crippen molar-refractivity contribution in [3.8, 4) is 17.1 Å². The highest BCUT2D eigenvalue weighted by Gasteiger charge is 2.42. The molecule has 1 aliphatic heterocycles. The van der Waals surface area contributed by atoms with Gasteiger partial charge in [-0.1, -0.05) is 0 Å². The van der Waals surface area contributed by atoms with Gasteiger partial charge in [-0.3, -0.25) is 4.79 Å². The molecule has 0 saturated carbocycles. The van der Waals surface area contributed by atoms with Crippen LogP contribution < -0.4 is 10.3 Å². The third-order valence-corrected chi connectivity index (χ3v) is 7.53. The lowest BCUT2D eigenvalue weighted by Crippen LogP contribution is -2.39. The number of rotatable bonds is 7. The normalized spacial score (nSPS) is 19.4. The molecule has 0 bridgehead atoms. The Kier molecular flexibility index (Phi) is 6.03. The largest absolute Gasteiger partial charge is 0.493 e. The number of fused-ring (bicyclic) bond motifs is 1. The van der Waals surface area contributed by atoms with Crippen LogP contribution in [0.15, 0.2) is 27.9 Å². The first-order valence-electron chi connectivity index (χ1n) is 10.5. The first kappa shape index (κ1) is 23.4. The highest BCUT2D eigenvalue weighted by molar-refractivity contribution is 7.89. The first-order chi connectivity index (χ1) is 15.6. The van der Waals surface area contributed by atoms with E-state index in [0.717, 1.165) is 0 Å². The summed E-state index contributed by atoms with van der Waals surface area (Å²) >= 11 is 0. The van der Waals surface area contributed by atoms with E-state index >= 15 is 0 Å². The maximum atomic E-state index is 13.3. The van der Waals surface area contributed by atoms with Crippen molar-refractivity contribution in [1.82, 2.24) is 23.9 Å². The third-order valence-electron chi connectivity index (χ3n) is 5.69. The molecular formula is C21H27N5O6S. The van der Waals surface area contributed by atoms with Crippen molar-refractivity contribution in [3.63, 3.8) is 0 Å². The molecule has 3 aromatic rings. The topological polar surface area (TPSA) is 139 Å². The monoisotopic (exact) mass is 477 g/mol. The molecule has 2 N–H and O–H groups in total. The second-order valence-corrected chi connectivity index (χ2v) is 10.1. The minimum atomic E-state index is -3.92. The summed E-state index contributed by atoms with van der Waals surface area (Å²) in [5.41, 5.74) is -0.420. The average Bonchev–Trinajstić information content (AvgIpc) is 3.29. The molecule has 1 unspecified atom stereocenters. The molecule has 1 aromatic carbocycles. The van der Waals surface area contributed by atoms with Gasteiger partial charge in [0, 0.05) is 20.2 Å².